The number of benzene rings is 3. The Morgan fingerprint density at radius 3 is 2.54 bits per heavy atom. The van der Waals surface area contributed by atoms with Crippen molar-refractivity contribution in [3.8, 4) is 0 Å². The van der Waals surface area contributed by atoms with Gasteiger partial charge < -0.3 is 4.90 Å². The largest absolute Gasteiger partial charge is 0.302 e. The third-order valence-electron chi connectivity index (χ3n) is 4.83. The van der Waals surface area contributed by atoms with Gasteiger partial charge in [0.2, 0.25) is 0 Å². The number of halogens is 1. The van der Waals surface area contributed by atoms with Crippen LogP contribution in [0.25, 0.3) is 10.8 Å². The van der Waals surface area contributed by atoms with Crippen molar-refractivity contribution in [2.24, 2.45) is 0 Å². The SMILES string of the molecule is CN1CCc2cc(N(Cl)S(=O)(=O)c3ccc4ccccc4c3)ccc2C1. The predicted molar refractivity (Wildman–Crippen MR) is 106 cm³/mol. The van der Waals surface area contributed by atoms with Crippen LogP contribution in [0.1, 0.15) is 11.1 Å². The maximum absolute atomic E-state index is 13.0. The molecule has 134 valence electrons. The van der Waals surface area contributed by atoms with Crippen molar-refractivity contribution in [2.45, 2.75) is 17.9 Å². The zero-order chi connectivity index (χ0) is 18.3. The minimum absolute atomic E-state index is 0.184. The highest BCUT2D eigenvalue weighted by Gasteiger charge is 2.25. The van der Waals surface area contributed by atoms with Gasteiger partial charge in [-0.15, -0.1) is 0 Å². The maximum atomic E-state index is 13.0. The topological polar surface area (TPSA) is 40.6 Å². The molecule has 4 nitrogen and oxygen atoms in total. The Hall–Kier alpha value is -2.08. The van der Waals surface area contributed by atoms with Gasteiger partial charge in [-0.1, -0.05) is 36.4 Å². The zero-order valence-electron chi connectivity index (χ0n) is 14.4. The van der Waals surface area contributed by atoms with Gasteiger partial charge in [0.15, 0.2) is 0 Å². The third-order valence-corrected chi connectivity index (χ3v) is 7.05. The molecule has 0 fully saturated rings. The molecule has 0 atom stereocenters. The molecule has 0 amide bonds. The highest BCUT2D eigenvalue weighted by molar-refractivity contribution is 7.94. The summed E-state index contributed by atoms with van der Waals surface area (Å²) >= 11 is 6.29. The Kier molecular flexibility index (Phi) is 4.39. The van der Waals surface area contributed by atoms with Crippen LogP contribution in [0.2, 0.25) is 0 Å². The molecule has 0 spiro atoms. The summed E-state index contributed by atoms with van der Waals surface area (Å²) in [4.78, 5) is 2.43. The lowest BCUT2D eigenvalue weighted by atomic mass is 10.00. The van der Waals surface area contributed by atoms with Gasteiger partial charge in [0.25, 0.3) is 10.0 Å². The molecule has 0 aliphatic carbocycles. The van der Waals surface area contributed by atoms with Gasteiger partial charge in [0.05, 0.1) is 10.6 Å². The molecule has 6 heteroatoms. The average Bonchev–Trinajstić information content (AvgIpc) is 2.66. The highest BCUT2D eigenvalue weighted by atomic mass is 35.5. The summed E-state index contributed by atoms with van der Waals surface area (Å²) in [6.45, 7) is 1.82. The molecule has 0 saturated carbocycles. The molecule has 1 aliphatic heterocycles. The van der Waals surface area contributed by atoms with E-state index in [1.807, 2.05) is 36.4 Å². The second-order valence-electron chi connectivity index (χ2n) is 6.67. The van der Waals surface area contributed by atoms with E-state index < -0.39 is 10.0 Å². The van der Waals surface area contributed by atoms with E-state index in [0.29, 0.717) is 5.69 Å². The highest BCUT2D eigenvalue weighted by Crippen LogP contribution is 2.30. The fourth-order valence-electron chi connectivity index (χ4n) is 3.35. The van der Waals surface area contributed by atoms with Crippen LogP contribution in [-0.4, -0.2) is 26.9 Å². The molecule has 4 rings (SSSR count). The summed E-state index contributed by atoms with van der Waals surface area (Å²) in [5.41, 5.74) is 2.85. The van der Waals surface area contributed by atoms with Crippen LogP contribution in [0, 0.1) is 0 Å². The monoisotopic (exact) mass is 386 g/mol. The van der Waals surface area contributed by atoms with Crippen LogP contribution >= 0.6 is 11.8 Å². The number of hydrogen-bond donors (Lipinski definition) is 0. The lowest BCUT2D eigenvalue weighted by Gasteiger charge is -2.26. The number of sulfonamides is 1. The van der Waals surface area contributed by atoms with Gasteiger partial charge in [0, 0.05) is 24.9 Å². The maximum Gasteiger partial charge on any atom is 0.278 e. The van der Waals surface area contributed by atoms with Crippen LogP contribution in [0.15, 0.2) is 65.6 Å². The van der Waals surface area contributed by atoms with Gasteiger partial charge in [0.1, 0.15) is 0 Å². The fraction of sp³-hybridized carbons (Fsp3) is 0.200. The van der Waals surface area contributed by atoms with Gasteiger partial charge in [-0.25, -0.2) is 0 Å². The first kappa shape index (κ1) is 17.3. The van der Waals surface area contributed by atoms with Crippen LogP contribution in [0.3, 0.4) is 0 Å². The second kappa shape index (κ2) is 6.58. The van der Waals surface area contributed by atoms with Crippen LogP contribution in [-0.2, 0) is 23.0 Å². The van der Waals surface area contributed by atoms with E-state index in [1.54, 1.807) is 24.3 Å². The van der Waals surface area contributed by atoms with Crippen molar-refractivity contribution in [1.29, 1.82) is 0 Å². The molecule has 26 heavy (non-hydrogen) atoms. The first-order valence-corrected chi connectivity index (χ1v) is 10.2. The molecule has 0 saturated heterocycles. The van der Waals surface area contributed by atoms with Crippen molar-refractivity contribution in [2.75, 3.05) is 17.4 Å². The number of nitrogens with zero attached hydrogens (tertiary/aromatic N) is 2. The van der Waals surface area contributed by atoms with E-state index in [-0.39, 0.29) is 4.90 Å². The number of rotatable bonds is 3. The lowest BCUT2D eigenvalue weighted by Crippen LogP contribution is -2.27. The van der Waals surface area contributed by atoms with E-state index in [2.05, 4.69) is 11.9 Å². The van der Waals surface area contributed by atoms with E-state index >= 15 is 0 Å². The smallest absolute Gasteiger partial charge is 0.278 e. The number of hydrogen-bond acceptors (Lipinski definition) is 3. The van der Waals surface area contributed by atoms with Crippen molar-refractivity contribution < 1.29 is 8.42 Å². The Bertz CT molecular complexity index is 1080. The quantitative estimate of drug-likeness (QED) is 0.634. The number of anilines is 1. The van der Waals surface area contributed by atoms with E-state index in [9.17, 15) is 8.42 Å². The first-order valence-electron chi connectivity index (χ1n) is 8.45. The third kappa shape index (κ3) is 3.07. The molecule has 0 radical (unpaired) electrons. The molecule has 1 aliphatic rings. The average molecular weight is 387 g/mol. The minimum Gasteiger partial charge on any atom is -0.302 e. The summed E-state index contributed by atoms with van der Waals surface area (Å²) in [6.07, 6.45) is 0.889. The fourth-order valence-corrected chi connectivity index (χ4v) is 4.79. The summed E-state index contributed by atoms with van der Waals surface area (Å²) in [6, 6.07) is 18.3. The van der Waals surface area contributed by atoms with Crippen LogP contribution in [0.4, 0.5) is 5.69 Å². The molecule has 0 unspecified atom stereocenters. The Morgan fingerprint density at radius 1 is 0.962 bits per heavy atom. The van der Waals surface area contributed by atoms with Crippen molar-refractivity contribution in [3.05, 3.63) is 71.8 Å². The Labute approximate surface area is 158 Å². The molecule has 1 heterocycles. The van der Waals surface area contributed by atoms with Crippen molar-refractivity contribution in [1.82, 2.24) is 4.90 Å². The lowest BCUT2D eigenvalue weighted by molar-refractivity contribution is 0.313. The molecule has 3 aromatic rings. The normalized spacial score (nSPS) is 15.0. The second-order valence-corrected chi connectivity index (χ2v) is 8.99. The predicted octanol–water partition coefficient (Wildman–Crippen LogP) is 4.18. The summed E-state index contributed by atoms with van der Waals surface area (Å²) in [5, 5.41) is 1.86. The number of likely N-dealkylation sites (N-methyl/N-ethyl adjacent to an activating group) is 1. The van der Waals surface area contributed by atoms with Gasteiger partial charge in [-0.05, 0) is 59.6 Å². The summed E-state index contributed by atoms with van der Waals surface area (Å²) in [7, 11) is -1.75. The van der Waals surface area contributed by atoms with Gasteiger partial charge in [-0.2, -0.15) is 12.2 Å². The van der Waals surface area contributed by atoms with Crippen LogP contribution < -0.4 is 3.82 Å². The molecule has 0 N–H and O–H groups in total. The zero-order valence-corrected chi connectivity index (χ0v) is 16.0. The van der Waals surface area contributed by atoms with Crippen molar-refractivity contribution >= 4 is 38.3 Å². The molecule has 3 aromatic carbocycles. The van der Waals surface area contributed by atoms with E-state index in [0.717, 1.165) is 39.7 Å². The standard InChI is InChI=1S/C20H19ClN2O2S/c1-22-11-10-17-12-19(8-6-18(17)14-22)23(21)26(24,25)20-9-7-15-4-2-3-5-16(15)13-20/h2-9,12-13H,10-11,14H2,1H3. The summed E-state index contributed by atoms with van der Waals surface area (Å²) in [5.74, 6) is 0. The van der Waals surface area contributed by atoms with E-state index in [1.165, 1.54) is 5.56 Å². The van der Waals surface area contributed by atoms with Gasteiger partial charge >= 0.3 is 0 Å². The minimum atomic E-state index is -3.83. The molecule has 0 bridgehead atoms. The molecular formula is C20H19ClN2O2S. The Balaban J connectivity index is 1.70. The van der Waals surface area contributed by atoms with Crippen LogP contribution in [0.5, 0.6) is 0 Å². The molecule has 0 aromatic heterocycles. The summed E-state index contributed by atoms with van der Waals surface area (Å²) < 4.78 is 26.8. The van der Waals surface area contributed by atoms with Gasteiger partial charge in [-0.3, -0.25) is 0 Å². The van der Waals surface area contributed by atoms with E-state index in [4.69, 9.17) is 11.8 Å². The van der Waals surface area contributed by atoms with Crippen molar-refractivity contribution in [3.63, 3.8) is 0 Å². The number of fused-ring (bicyclic) bond motifs is 2. The first-order chi connectivity index (χ1) is 12.4. The molecular weight excluding hydrogens is 368 g/mol. The Morgan fingerprint density at radius 2 is 1.73 bits per heavy atom.